The van der Waals surface area contributed by atoms with Crippen LogP contribution in [0.5, 0.6) is 11.5 Å². The molecule has 0 saturated carbocycles. The zero-order valence-corrected chi connectivity index (χ0v) is 19.3. The van der Waals surface area contributed by atoms with E-state index in [9.17, 15) is 14.9 Å². The molecule has 0 spiro atoms. The van der Waals surface area contributed by atoms with Crippen molar-refractivity contribution < 1.29 is 19.1 Å². The van der Waals surface area contributed by atoms with Crippen molar-refractivity contribution in [3.8, 4) is 17.6 Å². The lowest BCUT2D eigenvalue weighted by molar-refractivity contribution is -0.118. The van der Waals surface area contributed by atoms with E-state index in [2.05, 4.69) is 26.6 Å². The average molecular weight is 506 g/mol. The average Bonchev–Trinajstić information content (AvgIpc) is 2.83. The molecule has 0 atom stereocenters. The Morgan fingerprint density at radius 1 is 1.00 bits per heavy atom. The Morgan fingerprint density at radius 3 is 2.36 bits per heavy atom. The summed E-state index contributed by atoms with van der Waals surface area (Å²) in [5.41, 5.74) is 1.70. The number of anilines is 2. The van der Waals surface area contributed by atoms with Crippen LogP contribution in [0.25, 0.3) is 6.08 Å². The largest absolute Gasteiger partial charge is 0.495 e. The van der Waals surface area contributed by atoms with Gasteiger partial charge in [0.05, 0.1) is 12.8 Å². The quantitative estimate of drug-likeness (QED) is 0.330. The third-order valence-corrected chi connectivity index (χ3v) is 4.94. The lowest BCUT2D eigenvalue weighted by Gasteiger charge is -2.09. The van der Waals surface area contributed by atoms with Crippen molar-refractivity contribution in [3.63, 3.8) is 0 Å². The lowest BCUT2D eigenvalue weighted by atomic mass is 10.1. The predicted molar refractivity (Wildman–Crippen MR) is 130 cm³/mol. The van der Waals surface area contributed by atoms with Crippen LogP contribution in [0.4, 0.5) is 11.4 Å². The first kappa shape index (κ1) is 23.6. The second kappa shape index (κ2) is 11.5. The van der Waals surface area contributed by atoms with Crippen molar-refractivity contribution in [2.24, 2.45) is 0 Å². The molecule has 0 bridgehead atoms. The normalized spacial score (nSPS) is 10.6. The summed E-state index contributed by atoms with van der Waals surface area (Å²) in [6, 6.07) is 22.8. The van der Waals surface area contributed by atoms with Gasteiger partial charge in [0.2, 0.25) is 0 Å². The Hall–Kier alpha value is -4.09. The van der Waals surface area contributed by atoms with E-state index in [1.165, 1.54) is 13.2 Å². The van der Waals surface area contributed by atoms with E-state index in [1.807, 2.05) is 18.2 Å². The molecule has 2 N–H and O–H groups in total. The Kier molecular flexibility index (Phi) is 8.22. The fourth-order valence-electron chi connectivity index (χ4n) is 2.79. The maximum Gasteiger partial charge on any atom is 0.266 e. The van der Waals surface area contributed by atoms with Gasteiger partial charge in [0.15, 0.2) is 6.61 Å². The molecule has 2 amide bonds. The third kappa shape index (κ3) is 6.95. The zero-order valence-electron chi connectivity index (χ0n) is 17.7. The van der Waals surface area contributed by atoms with E-state index in [-0.39, 0.29) is 18.1 Å². The highest BCUT2D eigenvalue weighted by atomic mass is 79.9. The molecule has 3 aromatic rings. The van der Waals surface area contributed by atoms with Crippen LogP contribution in [-0.2, 0) is 9.59 Å². The number of para-hydroxylation sites is 2. The van der Waals surface area contributed by atoms with Gasteiger partial charge in [0.1, 0.15) is 23.1 Å². The predicted octanol–water partition coefficient (Wildman–Crippen LogP) is 5.02. The van der Waals surface area contributed by atoms with Crippen LogP contribution in [0.1, 0.15) is 5.56 Å². The number of halogens is 1. The topological polar surface area (TPSA) is 100 Å². The monoisotopic (exact) mass is 505 g/mol. The number of hydrogen-bond acceptors (Lipinski definition) is 5. The summed E-state index contributed by atoms with van der Waals surface area (Å²) < 4.78 is 11.6. The van der Waals surface area contributed by atoms with E-state index in [0.29, 0.717) is 28.4 Å². The molecule has 7 nitrogen and oxygen atoms in total. The smallest absolute Gasteiger partial charge is 0.266 e. The second-order valence-electron chi connectivity index (χ2n) is 6.74. The summed E-state index contributed by atoms with van der Waals surface area (Å²) in [4.78, 5) is 24.5. The summed E-state index contributed by atoms with van der Waals surface area (Å²) >= 11 is 3.34. The molecule has 8 heteroatoms. The number of nitriles is 1. The van der Waals surface area contributed by atoms with Crippen LogP contribution >= 0.6 is 15.9 Å². The number of nitrogens with zero attached hydrogens (tertiary/aromatic N) is 1. The number of ether oxygens (including phenoxy) is 2. The Labute approximate surface area is 199 Å². The minimum Gasteiger partial charge on any atom is -0.495 e. The van der Waals surface area contributed by atoms with Gasteiger partial charge in [-0.1, -0.05) is 40.2 Å². The molecular formula is C25H20BrN3O4. The second-order valence-corrected chi connectivity index (χ2v) is 7.65. The molecule has 0 aliphatic carbocycles. The standard InChI is InChI=1S/C25H20BrN3O4/c1-32-23-5-3-2-4-22(23)29-25(31)18(15-27)14-17-6-12-21(13-7-17)33-16-24(30)28-20-10-8-19(26)9-11-20/h2-14H,16H2,1H3,(H,28,30)(H,29,31)/b18-14+. The van der Waals surface area contributed by atoms with E-state index in [0.717, 1.165) is 4.47 Å². The number of amides is 2. The van der Waals surface area contributed by atoms with Crippen LogP contribution in [-0.4, -0.2) is 25.5 Å². The van der Waals surface area contributed by atoms with Crippen LogP contribution in [0.15, 0.2) is 82.8 Å². The third-order valence-electron chi connectivity index (χ3n) is 4.41. The van der Waals surface area contributed by atoms with E-state index >= 15 is 0 Å². The Balaban J connectivity index is 1.58. The molecule has 0 unspecified atom stereocenters. The fourth-order valence-corrected chi connectivity index (χ4v) is 3.06. The number of carbonyl (C=O) groups excluding carboxylic acids is 2. The Morgan fingerprint density at radius 2 is 1.70 bits per heavy atom. The molecule has 3 rings (SSSR count). The zero-order chi connectivity index (χ0) is 23.6. The highest BCUT2D eigenvalue weighted by molar-refractivity contribution is 9.10. The van der Waals surface area contributed by atoms with Crippen LogP contribution in [0.2, 0.25) is 0 Å². The number of rotatable bonds is 8. The van der Waals surface area contributed by atoms with Gasteiger partial charge in [-0.3, -0.25) is 9.59 Å². The lowest BCUT2D eigenvalue weighted by Crippen LogP contribution is -2.20. The first-order chi connectivity index (χ1) is 16.0. The van der Waals surface area contributed by atoms with Crippen molar-refractivity contribution >= 4 is 45.2 Å². The van der Waals surface area contributed by atoms with Crippen molar-refractivity contribution in [1.82, 2.24) is 0 Å². The van der Waals surface area contributed by atoms with Crippen LogP contribution in [0, 0.1) is 11.3 Å². The molecule has 0 radical (unpaired) electrons. The van der Waals surface area contributed by atoms with Crippen molar-refractivity contribution in [2.75, 3.05) is 24.4 Å². The summed E-state index contributed by atoms with van der Waals surface area (Å²) in [7, 11) is 1.50. The van der Waals surface area contributed by atoms with E-state index < -0.39 is 5.91 Å². The van der Waals surface area contributed by atoms with Gasteiger partial charge >= 0.3 is 0 Å². The van der Waals surface area contributed by atoms with E-state index in [4.69, 9.17) is 9.47 Å². The van der Waals surface area contributed by atoms with Gasteiger partial charge in [0, 0.05) is 10.2 Å². The van der Waals surface area contributed by atoms with Crippen molar-refractivity contribution in [1.29, 1.82) is 5.26 Å². The summed E-state index contributed by atoms with van der Waals surface area (Å²) in [6.45, 7) is -0.157. The molecule has 0 aliphatic heterocycles. The highest BCUT2D eigenvalue weighted by Crippen LogP contribution is 2.24. The number of carbonyl (C=O) groups is 2. The van der Waals surface area contributed by atoms with Gasteiger partial charge in [-0.2, -0.15) is 5.26 Å². The molecule has 166 valence electrons. The summed E-state index contributed by atoms with van der Waals surface area (Å²) in [5.74, 6) is 0.136. The first-order valence-corrected chi connectivity index (χ1v) is 10.6. The van der Waals surface area contributed by atoms with Gasteiger partial charge in [0.25, 0.3) is 11.8 Å². The number of hydrogen-bond donors (Lipinski definition) is 2. The van der Waals surface area contributed by atoms with E-state index in [1.54, 1.807) is 60.7 Å². The molecule has 0 saturated heterocycles. The van der Waals surface area contributed by atoms with Crippen LogP contribution < -0.4 is 20.1 Å². The molecule has 0 fully saturated rings. The maximum atomic E-state index is 12.5. The van der Waals surface area contributed by atoms with Gasteiger partial charge in [-0.05, 0) is 60.2 Å². The molecule has 0 aliphatic rings. The molecule has 0 heterocycles. The minimum absolute atomic E-state index is 0.0662. The SMILES string of the molecule is COc1ccccc1NC(=O)/C(C#N)=C/c1ccc(OCC(=O)Nc2ccc(Br)cc2)cc1. The number of nitrogens with one attached hydrogen (secondary N) is 2. The first-order valence-electron chi connectivity index (χ1n) is 9.83. The summed E-state index contributed by atoms with van der Waals surface area (Å²) in [6.07, 6.45) is 1.47. The van der Waals surface area contributed by atoms with Crippen LogP contribution in [0.3, 0.4) is 0 Å². The maximum absolute atomic E-state index is 12.5. The van der Waals surface area contributed by atoms with Crippen molar-refractivity contribution in [2.45, 2.75) is 0 Å². The minimum atomic E-state index is -0.549. The molecule has 33 heavy (non-hydrogen) atoms. The molecule has 0 aromatic heterocycles. The Bertz CT molecular complexity index is 1200. The molecular weight excluding hydrogens is 486 g/mol. The highest BCUT2D eigenvalue weighted by Gasteiger charge is 2.12. The number of methoxy groups -OCH3 is 1. The van der Waals surface area contributed by atoms with Crippen molar-refractivity contribution in [3.05, 3.63) is 88.4 Å². The van der Waals surface area contributed by atoms with Gasteiger partial charge in [-0.15, -0.1) is 0 Å². The summed E-state index contributed by atoms with van der Waals surface area (Å²) in [5, 5.41) is 14.8. The molecule has 3 aromatic carbocycles. The number of benzene rings is 3. The van der Waals surface area contributed by atoms with Gasteiger partial charge in [-0.25, -0.2) is 0 Å². The van der Waals surface area contributed by atoms with Gasteiger partial charge < -0.3 is 20.1 Å². The fraction of sp³-hybridized carbons (Fsp3) is 0.0800.